The number of carbonyl (C=O) groups excluding carboxylic acids is 1. The van der Waals surface area contributed by atoms with E-state index < -0.39 is 0 Å². The molecule has 0 fully saturated rings. The molecule has 1 unspecified atom stereocenters. The van der Waals surface area contributed by atoms with E-state index >= 15 is 0 Å². The lowest BCUT2D eigenvalue weighted by atomic mass is 10.1. The lowest BCUT2D eigenvalue weighted by Crippen LogP contribution is -2.41. The van der Waals surface area contributed by atoms with Gasteiger partial charge in [-0.25, -0.2) is 0 Å². The van der Waals surface area contributed by atoms with E-state index in [0.717, 1.165) is 30.0 Å². The van der Waals surface area contributed by atoms with Crippen molar-refractivity contribution in [3.05, 3.63) is 47.9 Å². The minimum Gasteiger partial charge on any atom is -0.360 e. The van der Waals surface area contributed by atoms with Crippen LogP contribution >= 0.6 is 0 Å². The summed E-state index contributed by atoms with van der Waals surface area (Å²) in [4.78, 5) is 14.4. The average molecular weight is 301 g/mol. The molecule has 0 spiro atoms. The van der Waals surface area contributed by atoms with Gasteiger partial charge in [-0.3, -0.25) is 9.69 Å². The normalized spacial score (nSPS) is 12.4. The van der Waals surface area contributed by atoms with Crippen molar-refractivity contribution in [3.8, 4) is 0 Å². The van der Waals surface area contributed by atoms with Crippen molar-refractivity contribution in [2.75, 3.05) is 12.4 Å². The molecule has 1 amide bonds. The van der Waals surface area contributed by atoms with Gasteiger partial charge in [0.15, 0.2) is 5.76 Å². The first kappa shape index (κ1) is 16.2. The Morgan fingerprint density at radius 3 is 2.64 bits per heavy atom. The number of aryl methyl sites for hydroxylation is 1. The number of anilines is 1. The molecule has 22 heavy (non-hydrogen) atoms. The molecule has 0 aliphatic carbocycles. The third-order valence-electron chi connectivity index (χ3n) is 3.64. The molecule has 0 saturated carbocycles. The maximum Gasteiger partial charge on any atom is 0.241 e. The highest BCUT2D eigenvalue weighted by Gasteiger charge is 2.22. The van der Waals surface area contributed by atoms with Crippen molar-refractivity contribution in [1.29, 1.82) is 0 Å². The van der Waals surface area contributed by atoms with Crippen molar-refractivity contribution in [2.45, 2.75) is 39.3 Å². The summed E-state index contributed by atoms with van der Waals surface area (Å²) in [6, 6.07) is 11.2. The largest absolute Gasteiger partial charge is 0.360 e. The molecule has 2 rings (SSSR count). The fraction of sp³-hybridized carbons (Fsp3) is 0.412. The van der Waals surface area contributed by atoms with E-state index in [1.54, 1.807) is 0 Å². The standard InChI is InChI=1S/C17H23N3O2/c1-4-13-11-15(22-19-13)12-20(3)16(5-2)17(21)18-14-9-7-6-8-10-14/h6-11,16H,4-5,12H2,1-3H3,(H,18,21). The van der Waals surface area contributed by atoms with Gasteiger partial charge in [0.1, 0.15) is 0 Å². The first-order chi connectivity index (χ1) is 10.6. The quantitative estimate of drug-likeness (QED) is 0.854. The predicted molar refractivity (Wildman–Crippen MR) is 86.5 cm³/mol. The van der Waals surface area contributed by atoms with Crippen molar-refractivity contribution in [2.24, 2.45) is 0 Å². The molecule has 1 atom stereocenters. The molecule has 0 aliphatic rings. The highest BCUT2D eigenvalue weighted by atomic mass is 16.5. The van der Waals surface area contributed by atoms with Crippen LogP contribution in [-0.4, -0.2) is 29.1 Å². The number of amides is 1. The van der Waals surface area contributed by atoms with Crippen molar-refractivity contribution in [1.82, 2.24) is 10.1 Å². The van der Waals surface area contributed by atoms with Gasteiger partial charge in [0.05, 0.1) is 18.3 Å². The van der Waals surface area contributed by atoms with Gasteiger partial charge in [-0.05, 0) is 32.0 Å². The molecule has 2 aromatic rings. The fourth-order valence-electron chi connectivity index (χ4n) is 2.40. The Morgan fingerprint density at radius 2 is 2.05 bits per heavy atom. The first-order valence-electron chi connectivity index (χ1n) is 7.64. The summed E-state index contributed by atoms with van der Waals surface area (Å²) in [6.45, 7) is 4.60. The number of nitrogens with one attached hydrogen (secondary N) is 1. The summed E-state index contributed by atoms with van der Waals surface area (Å²) >= 11 is 0. The summed E-state index contributed by atoms with van der Waals surface area (Å²) < 4.78 is 5.30. The molecular formula is C17H23N3O2. The number of nitrogens with zero attached hydrogens (tertiary/aromatic N) is 2. The van der Waals surface area contributed by atoms with Crippen LogP contribution in [-0.2, 0) is 17.8 Å². The van der Waals surface area contributed by atoms with Gasteiger partial charge >= 0.3 is 0 Å². The van der Waals surface area contributed by atoms with Crippen LogP contribution in [0, 0.1) is 0 Å². The summed E-state index contributed by atoms with van der Waals surface area (Å²) in [5.74, 6) is 0.775. The third-order valence-corrected chi connectivity index (χ3v) is 3.64. The highest BCUT2D eigenvalue weighted by molar-refractivity contribution is 5.94. The van der Waals surface area contributed by atoms with Crippen LogP contribution < -0.4 is 5.32 Å². The Balaban J connectivity index is 1.98. The van der Waals surface area contributed by atoms with Crippen molar-refractivity contribution >= 4 is 11.6 Å². The highest BCUT2D eigenvalue weighted by Crippen LogP contribution is 2.13. The second-order valence-electron chi connectivity index (χ2n) is 5.33. The van der Waals surface area contributed by atoms with E-state index in [-0.39, 0.29) is 11.9 Å². The number of rotatable bonds is 7. The van der Waals surface area contributed by atoms with Gasteiger partial charge in [0.2, 0.25) is 5.91 Å². The predicted octanol–water partition coefficient (Wildman–Crippen LogP) is 3.09. The second-order valence-corrected chi connectivity index (χ2v) is 5.33. The minimum absolute atomic E-state index is 0.00793. The van der Waals surface area contributed by atoms with Gasteiger partial charge < -0.3 is 9.84 Å². The van der Waals surface area contributed by atoms with Crippen LogP contribution in [0.1, 0.15) is 31.7 Å². The van der Waals surface area contributed by atoms with Crippen molar-refractivity contribution < 1.29 is 9.32 Å². The van der Waals surface area contributed by atoms with Crippen LogP contribution in [0.2, 0.25) is 0 Å². The lowest BCUT2D eigenvalue weighted by molar-refractivity contribution is -0.121. The molecule has 1 aromatic carbocycles. The van der Waals surface area contributed by atoms with Crippen LogP contribution in [0.4, 0.5) is 5.69 Å². The number of hydrogen-bond donors (Lipinski definition) is 1. The summed E-state index contributed by atoms with van der Waals surface area (Å²) in [7, 11) is 1.92. The molecule has 1 aromatic heterocycles. The molecule has 0 aliphatic heterocycles. The van der Waals surface area contributed by atoms with E-state index in [1.165, 1.54) is 0 Å². The van der Waals surface area contributed by atoms with E-state index in [1.807, 2.05) is 62.2 Å². The Bertz CT molecular complexity index is 595. The molecule has 118 valence electrons. The summed E-state index contributed by atoms with van der Waals surface area (Å²) in [5, 5.41) is 6.93. The number of hydrogen-bond acceptors (Lipinski definition) is 4. The second kappa shape index (κ2) is 7.75. The Labute approximate surface area is 131 Å². The van der Waals surface area contributed by atoms with Gasteiger partial charge in [-0.15, -0.1) is 0 Å². The maximum atomic E-state index is 12.4. The van der Waals surface area contributed by atoms with Gasteiger partial charge in [-0.1, -0.05) is 37.2 Å². The number of para-hydroxylation sites is 1. The van der Waals surface area contributed by atoms with Crippen LogP contribution in [0.15, 0.2) is 40.9 Å². The Hall–Kier alpha value is -2.14. The molecule has 5 heteroatoms. The van der Waals surface area contributed by atoms with Crippen molar-refractivity contribution in [3.63, 3.8) is 0 Å². The number of benzene rings is 1. The van der Waals surface area contributed by atoms with E-state index in [9.17, 15) is 4.79 Å². The van der Waals surface area contributed by atoms with Crippen LogP contribution in [0.5, 0.6) is 0 Å². The average Bonchev–Trinajstić information content (AvgIpc) is 2.96. The van der Waals surface area contributed by atoms with Gasteiger partial charge in [-0.2, -0.15) is 0 Å². The van der Waals surface area contributed by atoms with Crippen LogP contribution in [0.3, 0.4) is 0 Å². The topological polar surface area (TPSA) is 58.4 Å². The third kappa shape index (κ3) is 4.18. The van der Waals surface area contributed by atoms with E-state index in [4.69, 9.17) is 4.52 Å². The molecule has 0 radical (unpaired) electrons. The molecule has 1 heterocycles. The van der Waals surface area contributed by atoms with Gasteiger partial charge in [0.25, 0.3) is 0 Å². The molecule has 1 N–H and O–H groups in total. The Kier molecular flexibility index (Phi) is 5.72. The zero-order valence-electron chi connectivity index (χ0n) is 13.4. The smallest absolute Gasteiger partial charge is 0.241 e. The molecular weight excluding hydrogens is 278 g/mol. The lowest BCUT2D eigenvalue weighted by Gasteiger charge is -2.25. The van der Waals surface area contributed by atoms with E-state index in [0.29, 0.717) is 6.54 Å². The SMILES string of the molecule is CCc1cc(CN(C)C(CC)C(=O)Nc2ccccc2)on1. The molecule has 0 saturated heterocycles. The number of aromatic nitrogens is 1. The zero-order chi connectivity index (χ0) is 15.9. The summed E-state index contributed by atoms with van der Waals surface area (Å²) in [5.41, 5.74) is 1.75. The summed E-state index contributed by atoms with van der Waals surface area (Å²) in [6.07, 6.45) is 1.57. The number of likely N-dealkylation sites (N-methyl/N-ethyl adjacent to an activating group) is 1. The zero-order valence-corrected chi connectivity index (χ0v) is 13.4. The maximum absolute atomic E-state index is 12.4. The monoisotopic (exact) mass is 301 g/mol. The first-order valence-corrected chi connectivity index (χ1v) is 7.64. The number of carbonyl (C=O) groups is 1. The van der Waals surface area contributed by atoms with E-state index in [2.05, 4.69) is 10.5 Å². The fourth-order valence-corrected chi connectivity index (χ4v) is 2.40. The Morgan fingerprint density at radius 1 is 1.32 bits per heavy atom. The van der Waals surface area contributed by atoms with Crippen LogP contribution in [0.25, 0.3) is 0 Å². The minimum atomic E-state index is -0.213. The molecule has 0 bridgehead atoms. The van der Waals surface area contributed by atoms with Gasteiger partial charge in [0, 0.05) is 11.8 Å². The molecule has 5 nitrogen and oxygen atoms in total.